The second kappa shape index (κ2) is 5.92. The SMILES string of the molecule is CC(C)OC(=O)[C@@H](N)Cc1cccc2cccc(O)c12. The largest absolute Gasteiger partial charge is 0.507 e. The number of esters is 1. The van der Waals surface area contributed by atoms with E-state index >= 15 is 0 Å². The van der Waals surface area contributed by atoms with Gasteiger partial charge in [0.2, 0.25) is 0 Å². The summed E-state index contributed by atoms with van der Waals surface area (Å²) in [4.78, 5) is 11.8. The van der Waals surface area contributed by atoms with Crippen molar-refractivity contribution in [3.8, 4) is 5.75 Å². The third-order valence-electron chi connectivity index (χ3n) is 3.06. The summed E-state index contributed by atoms with van der Waals surface area (Å²) in [6, 6.07) is 10.3. The van der Waals surface area contributed by atoms with E-state index < -0.39 is 12.0 Å². The van der Waals surface area contributed by atoms with Crippen LogP contribution in [0.3, 0.4) is 0 Å². The monoisotopic (exact) mass is 273 g/mol. The van der Waals surface area contributed by atoms with Crippen LogP contribution in [0, 0.1) is 0 Å². The van der Waals surface area contributed by atoms with Crippen molar-refractivity contribution in [3.63, 3.8) is 0 Å². The maximum absolute atomic E-state index is 11.8. The predicted octanol–water partition coefficient (Wildman–Crippen LogP) is 2.37. The van der Waals surface area contributed by atoms with Crippen LogP contribution in [0.25, 0.3) is 10.8 Å². The van der Waals surface area contributed by atoms with Gasteiger partial charge in [0.15, 0.2) is 0 Å². The average molecular weight is 273 g/mol. The van der Waals surface area contributed by atoms with E-state index in [1.807, 2.05) is 24.3 Å². The zero-order valence-corrected chi connectivity index (χ0v) is 11.7. The number of hydrogen-bond acceptors (Lipinski definition) is 4. The lowest BCUT2D eigenvalue weighted by Crippen LogP contribution is -2.35. The number of phenolic OH excluding ortho intramolecular Hbond substituents is 1. The summed E-state index contributed by atoms with van der Waals surface area (Å²) in [6.45, 7) is 3.57. The third-order valence-corrected chi connectivity index (χ3v) is 3.06. The van der Waals surface area contributed by atoms with Gasteiger partial charge < -0.3 is 15.6 Å². The lowest BCUT2D eigenvalue weighted by atomic mass is 9.98. The van der Waals surface area contributed by atoms with E-state index in [1.165, 1.54) is 0 Å². The van der Waals surface area contributed by atoms with Gasteiger partial charge >= 0.3 is 5.97 Å². The zero-order chi connectivity index (χ0) is 14.7. The second-order valence-electron chi connectivity index (χ2n) is 5.09. The maximum Gasteiger partial charge on any atom is 0.323 e. The molecule has 4 nitrogen and oxygen atoms in total. The van der Waals surface area contributed by atoms with Gasteiger partial charge in [-0.25, -0.2) is 0 Å². The first kappa shape index (κ1) is 14.3. The number of rotatable bonds is 4. The van der Waals surface area contributed by atoms with Gasteiger partial charge in [-0.15, -0.1) is 0 Å². The highest BCUT2D eigenvalue weighted by molar-refractivity contribution is 5.91. The molecule has 0 saturated carbocycles. The Morgan fingerprint density at radius 3 is 2.55 bits per heavy atom. The Balaban J connectivity index is 2.28. The van der Waals surface area contributed by atoms with Crippen LogP contribution in [0.4, 0.5) is 0 Å². The summed E-state index contributed by atoms with van der Waals surface area (Å²) in [5, 5.41) is 11.7. The van der Waals surface area contributed by atoms with Crippen LogP contribution in [0.2, 0.25) is 0 Å². The normalized spacial score (nSPS) is 12.6. The lowest BCUT2D eigenvalue weighted by molar-refractivity contribution is -0.148. The molecular formula is C16H19NO3. The van der Waals surface area contributed by atoms with Gasteiger partial charge in [-0.05, 0) is 37.3 Å². The molecule has 0 aliphatic rings. The molecule has 4 heteroatoms. The number of hydrogen-bond donors (Lipinski definition) is 2. The van der Waals surface area contributed by atoms with Crippen LogP contribution in [-0.2, 0) is 16.0 Å². The summed E-state index contributed by atoms with van der Waals surface area (Å²) in [6.07, 6.45) is 0.148. The first-order valence-electron chi connectivity index (χ1n) is 6.64. The van der Waals surface area contributed by atoms with Gasteiger partial charge in [-0.1, -0.05) is 30.3 Å². The van der Waals surface area contributed by atoms with Crippen LogP contribution in [0.15, 0.2) is 36.4 Å². The van der Waals surface area contributed by atoms with E-state index in [-0.39, 0.29) is 11.9 Å². The van der Waals surface area contributed by atoms with Crippen LogP contribution in [0.1, 0.15) is 19.4 Å². The molecule has 0 radical (unpaired) electrons. The Morgan fingerprint density at radius 1 is 1.25 bits per heavy atom. The van der Waals surface area contributed by atoms with Gasteiger partial charge in [-0.2, -0.15) is 0 Å². The molecular weight excluding hydrogens is 254 g/mol. The number of fused-ring (bicyclic) bond motifs is 1. The van der Waals surface area contributed by atoms with Crippen molar-refractivity contribution in [1.29, 1.82) is 0 Å². The fraction of sp³-hybridized carbons (Fsp3) is 0.312. The Bertz CT molecular complexity index is 617. The number of ether oxygens (including phenoxy) is 1. The van der Waals surface area contributed by atoms with Crippen LogP contribution in [-0.4, -0.2) is 23.2 Å². The van der Waals surface area contributed by atoms with Crippen molar-refractivity contribution in [2.24, 2.45) is 5.73 Å². The fourth-order valence-electron chi connectivity index (χ4n) is 2.21. The topological polar surface area (TPSA) is 72.5 Å². The summed E-state index contributed by atoms with van der Waals surface area (Å²) >= 11 is 0. The summed E-state index contributed by atoms with van der Waals surface area (Å²) in [5.41, 5.74) is 6.72. The standard InChI is InChI=1S/C16H19NO3/c1-10(2)20-16(19)13(17)9-12-7-3-5-11-6-4-8-14(18)15(11)12/h3-8,10,13,18H,9,17H2,1-2H3/t13-/m0/s1. The smallest absolute Gasteiger partial charge is 0.323 e. The van der Waals surface area contributed by atoms with Crippen molar-refractivity contribution < 1.29 is 14.6 Å². The molecule has 0 amide bonds. The van der Waals surface area contributed by atoms with Crippen LogP contribution < -0.4 is 5.73 Å². The van der Waals surface area contributed by atoms with Gasteiger partial charge in [0.05, 0.1) is 6.10 Å². The first-order valence-corrected chi connectivity index (χ1v) is 6.64. The van der Waals surface area contributed by atoms with Crippen molar-refractivity contribution in [2.75, 3.05) is 0 Å². The molecule has 2 aromatic carbocycles. The van der Waals surface area contributed by atoms with Crippen molar-refractivity contribution in [3.05, 3.63) is 42.0 Å². The number of nitrogens with two attached hydrogens (primary N) is 1. The first-order chi connectivity index (χ1) is 9.49. The average Bonchev–Trinajstić information content (AvgIpc) is 2.38. The van der Waals surface area contributed by atoms with Crippen LogP contribution >= 0.6 is 0 Å². The van der Waals surface area contributed by atoms with E-state index in [9.17, 15) is 9.90 Å². The van der Waals surface area contributed by atoms with Gasteiger partial charge in [-0.3, -0.25) is 4.79 Å². The quantitative estimate of drug-likeness (QED) is 0.839. The molecule has 0 spiro atoms. The molecule has 2 aromatic rings. The van der Waals surface area contributed by atoms with E-state index in [0.29, 0.717) is 6.42 Å². The minimum Gasteiger partial charge on any atom is -0.507 e. The Labute approximate surface area is 118 Å². The highest BCUT2D eigenvalue weighted by Gasteiger charge is 2.18. The molecule has 0 unspecified atom stereocenters. The number of benzene rings is 2. The third kappa shape index (κ3) is 3.08. The second-order valence-corrected chi connectivity index (χ2v) is 5.09. The van der Waals surface area contributed by atoms with Crippen LogP contribution in [0.5, 0.6) is 5.75 Å². The maximum atomic E-state index is 11.8. The molecule has 0 aliphatic heterocycles. The lowest BCUT2D eigenvalue weighted by Gasteiger charge is -2.15. The zero-order valence-electron chi connectivity index (χ0n) is 11.7. The summed E-state index contributed by atoms with van der Waals surface area (Å²) in [5.74, 6) is -0.227. The van der Waals surface area contributed by atoms with E-state index in [4.69, 9.17) is 10.5 Å². The minimum absolute atomic E-state index is 0.186. The van der Waals surface area contributed by atoms with Gasteiger partial charge in [0.1, 0.15) is 11.8 Å². The van der Waals surface area contributed by atoms with E-state index in [0.717, 1.165) is 16.3 Å². The van der Waals surface area contributed by atoms with Crippen molar-refractivity contribution in [1.82, 2.24) is 0 Å². The Morgan fingerprint density at radius 2 is 1.90 bits per heavy atom. The number of phenols is 1. The molecule has 0 aromatic heterocycles. The molecule has 1 atom stereocenters. The van der Waals surface area contributed by atoms with E-state index in [1.54, 1.807) is 26.0 Å². The molecule has 0 bridgehead atoms. The molecule has 0 saturated heterocycles. The molecule has 0 fully saturated rings. The van der Waals surface area contributed by atoms with E-state index in [2.05, 4.69) is 0 Å². The highest BCUT2D eigenvalue weighted by atomic mass is 16.5. The minimum atomic E-state index is -0.734. The molecule has 2 rings (SSSR count). The predicted molar refractivity (Wildman–Crippen MR) is 78.5 cm³/mol. The highest BCUT2D eigenvalue weighted by Crippen LogP contribution is 2.28. The molecule has 0 aliphatic carbocycles. The fourth-order valence-corrected chi connectivity index (χ4v) is 2.21. The molecule has 3 N–H and O–H groups in total. The van der Waals surface area contributed by atoms with Crippen molar-refractivity contribution in [2.45, 2.75) is 32.4 Å². The van der Waals surface area contributed by atoms with Gasteiger partial charge in [0.25, 0.3) is 0 Å². The molecule has 106 valence electrons. The molecule has 20 heavy (non-hydrogen) atoms. The Hall–Kier alpha value is -2.07. The van der Waals surface area contributed by atoms with Gasteiger partial charge in [0, 0.05) is 5.39 Å². The number of aromatic hydroxyl groups is 1. The number of carbonyl (C=O) groups excluding carboxylic acids is 1. The number of carbonyl (C=O) groups is 1. The summed E-state index contributed by atoms with van der Waals surface area (Å²) < 4.78 is 5.10. The molecule has 0 heterocycles. The summed E-state index contributed by atoms with van der Waals surface area (Å²) in [7, 11) is 0. The Kier molecular flexibility index (Phi) is 4.25. The van der Waals surface area contributed by atoms with Crippen molar-refractivity contribution >= 4 is 16.7 Å².